The van der Waals surface area contributed by atoms with E-state index in [0.717, 1.165) is 38.0 Å². The SMILES string of the molecule is CCCCOCCCNC(CC(C)C)CC(C)C. The molecule has 18 heavy (non-hydrogen) atoms. The molecule has 0 aliphatic rings. The van der Waals surface area contributed by atoms with Gasteiger partial charge >= 0.3 is 0 Å². The van der Waals surface area contributed by atoms with Crippen molar-refractivity contribution in [2.45, 2.75) is 72.8 Å². The highest BCUT2D eigenvalue weighted by atomic mass is 16.5. The van der Waals surface area contributed by atoms with Gasteiger partial charge < -0.3 is 10.1 Å². The largest absolute Gasteiger partial charge is 0.381 e. The molecule has 0 radical (unpaired) electrons. The summed E-state index contributed by atoms with van der Waals surface area (Å²) in [5, 5.41) is 3.69. The summed E-state index contributed by atoms with van der Waals surface area (Å²) in [6.07, 6.45) is 6.13. The molecule has 0 rings (SSSR count). The van der Waals surface area contributed by atoms with Crippen LogP contribution in [-0.4, -0.2) is 25.8 Å². The Morgan fingerprint density at radius 3 is 1.94 bits per heavy atom. The fraction of sp³-hybridized carbons (Fsp3) is 1.00. The van der Waals surface area contributed by atoms with Gasteiger partial charge in [0.15, 0.2) is 0 Å². The van der Waals surface area contributed by atoms with E-state index in [4.69, 9.17) is 4.74 Å². The van der Waals surface area contributed by atoms with Crippen LogP contribution in [0.25, 0.3) is 0 Å². The molecule has 1 N–H and O–H groups in total. The molecule has 0 fully saturated rings. The predicted octanol–water partition coefficient (Wildman–Crippen LogP) is 4.24. The molecule has 0 saturated heterocycles. The Balaban J connectivity index is 3.56. The summed E-state index contributed by atoms with van der Waals surface area (Å²) < 4.78 is 5.58. The maximum Gasteiger partial charge on any atom is 0.0478 e. The smallest absolute Gasteiger partial charge is 0.0478 e. The lowest BCUT2D eigenvalue weighted by atomic mass is 9.95. The minimum absolute atomic E-state index is 0.681. The summed E-state index contributed by atoms with van der Waals surface area (Å²) in [5.74, 6) is 1.56. The van der Waals surface area contributed by atoms with Crippen molar-refractivity contribution in [3.8, 4) is 0 Å². The van der Waals surface area contributed by atoms with Gasteiger partial charge in [0.1, 0.15) is 0 Å². The second-order valence-electron chi connectivity index (χ2n) is 6.23. The van der Waals surface area contributed by atoms with E-state index in [1.165, 1.54) is 25.7 Å². The average Bonchev–Trinajstić information content (AvgIpc) is 2.26. The summed E-state index contributed by atoms with van der Waals surface area (Å²) in [5.41, 5.74) is 0. The molecule has 0 saturated carbocycles. The first-order valence-electron chi connectivity index (χ1n) is 7.87. The van der Waals surface area contributed by atoms with Gasteiger partial charge in [-0.3, -0.25) is 0 Å². The second-order valence-corrected chi connectivity index (χ2v) is 6.23. The van der Waals surface area contributed by atoms with Crippen molar-refractivity contribution in [1.82, 2.24) is 5.32 Å². The third kappa shape index (κ3) is 12.4. The lowest BCUT2D eigenvalue weighted by Crippen LogP contribution is -2.33. The topological polar surface area (TPSA) is 21.3 Å². The molecule has 0 heterocycles. The highest BCUT2D eigenvalue weighted by Gasteiger charge is 2.11. The lowest BCUT2D eigenvalue weighted by molar-refractivity contribution is 0.127. The molecule has 0 aliphatic heterocycles. The van der Waals surface area contributed by atoms with Crippen LogP contribution < -0.4 is 5.32 Å². The molecule has 0 aliphatic carbocycles. The normalized spacial score (nSPS) is 12.0. The highest BCUT2D eigenvalue weighted by Crippen LogP contribution is 2.13. The van der Waals surface area contributed by atoms with Gasteiger partial charge in [0.2, 0.25) is 0 Å². The van der Waals surface area contributed by atoms with Crippen molar-refractivity contribution >= 4 is 0 Å². The number of hydrogen-bond donors (Lipinski definition) is 1. The van der Waals surface area contributed by atoms with Gasteiger partial charge in [-0.05, 0) is 44.1 Å². The number of ether oxygens (including phenoxy) is 1. The van der Waals surface area contributed by atoms with Crippen molar-refractivity contribution in [1.29, 1.82) is 0 Å². The zero-order valence-electron chi connectivity index (χ0n) is 13.3. The van der Waals surface area contributed by atoms with Crippen molar-refractivity contribution in [2.75, 3.05) is 19.8 Å². The minimum atomic E-state index is 0.681. The minimum Gasteiger partial charge on any atom is -0.381 e. The second kappa shape index (κ2) is 12.0. The van der Waals surface area contributed by atoms with Crippen LogP contribution in [0.1, 0.15) is 66.7 Å². The molecule has 0 amide bonds. The predicted molar refractivity (Wildman–Crippen MR) is 81.0 cm³/mol. The molecule has 0 aromatic heterocycles. The Bertz CT molecular complexity index is 158. The van der Waals surface area contributed by atoms with E-state index < -0.39 is 0 Å². The number of rotatable bonds is 12. The Kier molecular flexibility index (Phi) is 11.9. The molecule has 0 aromatic carbocycles. The van der Waals surface area contributed by atoms with Crippen LogP contribution in [0.15, 0.2) is 0 Å². The van der Waals surface area contributed by atoms with E-state index in [2.05, 4.69) is 39.9 Å². The summed E-state index contributed by atoms with van der Waals surface area (Å²) in [6.45, 7) is 14.4. The van der Waals surface area contributed by atoms with E-state index in [9.17, 15) is 0 Å². The van der Waals surface area contributed by atoms with E-state index in [1.54, 1.807) is 0 Å². The van der Waals surface area contributed by atoms with E-state index in [1.807, 2.05) is 0 Å². The van der Waals surface area contributed by atoms with Gasteiger partial charge in [0.05, 0.1) is 0 Å². The van der Waals surface area contributed by atoms with Crippen molar-refractivity contribution < 1.29 is 4.74 Å². The third-order valence-electron chi connectivity index (χ3n) is 3.05. The zero-order valence-corrected chi connectivity index (χ0v) is 13.3. The van der Waals surface area contributed by atoms with Crippen LogP contribution in [0, 0.1) is 11.8 Å². The molecule has 0 spiro atoms. The summed E-state index contributed by atoms with van der Waals surface area (Å²) >= 11 is 0. The number of hydrogen-bond acceptors (Lipinski definition) is 2. The lowest BCUT2D eigenvalue weighted by Gasteiger charge is -2.22. The van der Waals surface area contributed by atoms with E-state index in [0.29, 0.717) is 6.04 Å². The van der Waals surface area contributed by atoms with Crippen LogP contribution in [0.3, 0.4) is 0 Å². The molecule has 0 bridgehead atoms. The fourth-order valence-corrected chi connectivity index (χ4v) is 2.23. The van der Waals surface area contributed by atoms with Crippen LogP contribution in [-0.2, 0) is 4.74 Å². The zero-order chi connectivity index (χ0) is 13.8. The van der Waals surface area contributed by atoms with Gasteiger partial charge in [-0.1, -0.05) is 41.0 Å². The first kappa shape index (κ1) is 17.9. The molecule has 2 nitrogen and oxygen atoms in total. The van der Waals surface area contributed by atoms with Gasteiger partial charge in [0, 0.05) is 19.3 Å². The summed E-state index contributed by atoms with van der Waals surface area (Å²) in [7, 11) is 0. The van der Waals surface area contributed by atoms with Gasteiger partial charge in [0.25, 0.3) is 0 Å². The van der Waals surface area contributed by atoms with Gasteiger partial charge in [-0.15, -0.1) is 0 Å². The Morgan fingerprint density at radius 2 is 1.44 bits per heavy atom. The fourth-order valence-electron chi connectivity index (χ4n) is 2.23. The molecule has 110 valence electrons. The van der Waals surface area contributed by atoms with E-state index >= 15 is 0 Å². The first-order valence-corrected chi connectivity index (χ1v) is 7.87. The summed E-state index contributed by atoms with van der Waals surface area (Å²) in [6, 6.07) is 0.681. The Morgan fingerprint density at radius 1 is 0.889 bits per heavy atom. The van der Waals surface area contributed by atoms with Crippen LogP contribution in [0.2, 0.25) is 0 Å². The van der Waals surface area contributed by atoms with Crippen molar-refractivity contribution in [2.24, 2.45) is 11.8 Å². The first-order chi connectivity index (χ1) is 8.56. The quantitative estimate of drug-likeness (QED) is 0.528. The number of unbranched alkanes of at least 4 members (excludes halogenated alkanes) is 1. The average molecular weight is 257 g/mol. The monoisotopic (exact) mass is 257 g/mol. The molecular weight excluding hydrogens is 222 g/mol. The van der Waals surface area contributed by atoms with Crippen LogP contribution in [0.5, 0.6) is 0 Å². The number of nitrogens with one attached hydrogen (secondary N) is 1. The van der Waals surface area contributed by atoms with Crippen molar-refractivity contribution in [3.63, 3.8) is 0 Å². The summed E-state index contributed by atoms with van der Waals surface area (Å²) in [4.78, 5) is 0. The standard InChI is InChI=1S/C16H35NO/c1-6-7-10-18-11-8-9-17-16(12-14(2)3)13-15(4)5/h14-17H,6-13H2,1-5H3. The molecule has 0 aromatic rings. The molecule has 0 unspecified atom stereocenters. The van der Waals surface area contributed by atoms with Crippen LogP contribution >= 0.6 is 0 Å². The molecular formula is C16H35NO. The molecule has 0 atom stereocenters. The van der Waals surface area contributed by atoms with Gasteiger partial charge in [-0.2, -0.15) is 0 Å². The van der Waals surface area contributed by atoms with Crippen molar-refractivity contribution in [3.05, 3.63) is 0 Å². The maximum absolute atomic E-state index is 5.58. The highest BCUT2D eigenvalue weighted by molar-refractivity contribution is 4.70. The van der Waals surface area contributed by atoms with Gasteiger partial charge in [-0.25, -0.2) is 0 Å². The Hall–Kier alpha value is -0.0800. The maximum atomic E-state index is 5.58. The third-order valence-corrected chi connectivity index (χ3v) is 3.05. The Labute approximate surface area is 115 Å². The molecule has 2 heteroatoms. The van der Waals surface area contributed by atoms with Crippen LogP contribution in [0.4, 0.5) is 0 Å². The van der Waals surface area contributed by atoms with E-state index in [-0.39, 0.29) is 0 Å².